The molecule has 0 bridgehead atoms. The second-order valence-electron chi connectivity index (χ2n) is 4.40. The van der Waals surface area contributed by atoms with Gasteiger partial charge in [-0.1, -0.05) is 55.5 Å². The predicted molar refractivity (Wildman–Crippen MR) is 75.7 cm³/mol. The number of carbonyl (C=O) groups excluding carboxylic acids is 1. The van der Waals surface area contributed by atoms with Crippen molar-refractivity contribution in [2.75, 3.05) is 5.32 Å². The van der Waals surface area contributed by atoms with Crippen molar-refractivity contribution in [1.82, 2.24) is 0 Å². The highest BCUT2D eigenvalue weighted by Crippen LogP contribution is 2.26. The van der Waals surface area contributed by atoms with Gasteiger partial charge >= 0.3 is 0 Å². The molecule has 1 unspecified atom stereocenters. The smallest absolute Gasteiger partial charge is 0.260 e. The predicted octanol–water partition coefficient (Wildman–Crippen LogP) is 2.92. The van der Waals surface area contributed by atoms with Crippen LogP contribution in [0.5, 0.6) is 0 Å². The monoisotopic (exact) mass is 255 g/mol. The van der Waals surface area contributed by atoms with Crippen molar-refractivity contribution in [3.8, 4) is 0 Å². The van der Waals surface area contributed by atoms with Crippen molar-refractivity contribution < 1.29 is 9.90 Å². The molecule has 0 spiro atoms. The highest BCUT2D eigenvalue weighted by molar-refractivity contribution is 5.97. The number of rotatable bonds is 4. The molecule has 0 aliphatic rings. The average Bonchev–Trinajstić information content (AvgIpc) is 2.48. The zero-order valence-corrected chi connectivity index (χ0v) is 10.8. The molecular weight excluding hydrogens is 238 g/mol. The Bertz CT molecular complexity index is 539. The van der Waals surface area contributed by atoms with E-state index in [-0.39, 0.29) is 0 Å². The van der Waals surface area contributed by atoms with E-state index in [0.717, 1.165) is 0 Å². The Morgan fingerprint density at radius 2 is 1.58 bits per heavy atom. The van der Waals surface area contributed by atoms with Gasteiger partial charge in [-0.25, -0.2) is 0 Å². The van der Waals surface area contributed by atoms with Crippen LogP contribution in [0.15, 0.2) is 60.7 Å². The molecule has 0 saturated carbocycles. The molecule has 0 saturated heterocycles. The van der Waals surface area contributed by atoms with Gasteiger partial charge < -0.3 is 10.4 Å². The van der Waals surface area contributed by atoms with E-state index in [4.69, 9.17) is 0 Å². The Morgan fingerprint density at radius 3 is 2.11 bits per heavy atom. The molecule has 2 aromatic carbocycles. The van der Waals surface area contributed by atoms with Crippen molar-refractivity contribution in [3.63, 3.8) is 0 Å². The van der Waals surface area contributed by atoms with E-state index in [0.29, 0.717) is 17.7 Å². The van der Waals surface area contributed by atoms with Crippen LogP contribution >= 0.6 is 0 Å². The molecule has 3 nitrogen and oxygen atoms in total. The fraction of sp³-hybridized carbons (Fsp3) is 0.188. The fourth-order valence-corrected chi connectivity index (χ4v) is 1.97. The van der Waals surface area contributed by atoms with E-state index >= 15 is 0 Å². The molecule has 2 N–H and O–H groups in total. The van der Waals surface area contributed by atoms with Crippen LogP contribution in [-0.2, 0) is 10.4 Å². The number of benzene rings is 2. The quantitative estimate of drug-likeness (QED) is 0.882. The standard InChI is InChI=1S/C16H17NO2/c1-2-16(19,13-9-5-3-6-10-13)15(18)17-14-11-7-4-8-12-14/h3-12,19H,2H2,1H3,(H,17,18). The largest absolute Gasteiger partial charge is 0.375 e. The summed E-state index contributed by atoms with van der Waals surface area (Å²) in [6.45, 7) is 1.79. The summed E-state index contributed by atoms with van der Waals surface area (Å²) in [6, 6.07) is 18.1. The van der Waals surface area contributed by atoms with Crippen LogP contribution in [0, 0.1) is 0 Å². The minimum absolute atomic E-state index is 0.315. The minimum Gasteiger partial charge on any atom is -0.375 e. The maximum atomic E-state index is 12.3. The van der Waals surface area contributed by atoms with Crippen LogP contribution < -0.4 is 5.32 Å². The molecule has 2 aromatic rings. The third-order valence-corrected chi connectivity index (χ3v) is 3.17. The Labute approximate surface area is 112 Å². The van der Waals surface area contributed by atoms with Gasteiger partial charge in [0.2, 0.25) is 0 Å². The van der Waals surface area contributed by atoms with E-state index in [2.05, 4.69) is 5.32 Å². The highest BCUT2D eigenvalue weighted by Gasteiger charge is 2.35. The molecule has 3 heteroatoms. The van der Waals surface area contributed by atoms with E-state index in [9.17, 15) is 9.90 Å². The number of aliphatic hydroxyl groups is 1. The number of anilines is 1. The minimum atomic E-state index is -1.50. The topological polar surface area (TPSA) is 49.3 Å². The Morgan fingerprint density at radius 1 is 1.05 bits per heavy atom. The molecule has 19 heavy (non-hydrogen) atoms. The second-order valence-corrected chi connectivity index (χ2v) is 4.40. The number of carbonyl (C=O) groups is 1. The van der Waals surface area contributed by atoms with Gasteiger partial charge in [0.05, 0.1) is 0 Å². The van der Waals surface area contributed by atoms with E-state index in [1.807, 2.05) is 36.4 Å². The molecule has 98 valence electrons. The lowest BCUT2D eigenvalue weighted by Crippen LogP contribution is -2.39. The molecule has 0 heterocycles. The Kier molecular flexibility index (Phi) is 3.97. The van der Waals surface area contributed by atoms with Crippen LogP contribution in [-0.4, -0.2) is 11.0 Å². The summed E-state index contributed by atoms with van der Waals surface area (Å²) in [6.07, 6.45) is 0.315. The average molecular weight is 255 g/mol. The Hall–Kier alpha value is -2.13. The summed E-state index contributed by atoms with van der Waals surface area (Å²) < 4.78 is 0. The SMILES string of the molecule is CCC(O)(C(=O)Nc1ccccc1)c1ccccc1. The zero-order chi connectivity index (χ0) is 13.7. The molecule has 0 radical (unpaired) electrons. The Balaban J connectivity index is 2.24. The maximum absolute atomic E-state index is 12.3. The van der Waals surface area contributed by atoms with Crippen LogP contribution in [0.25, 0.3) is 0 Å². The highest BCUT2D eigenvalue weighted by atomic mass is 16.3. The van der Waals surface area contributed by atoms with E-state index in [1.54, 1.807) is 31.2 Å². The summed E-state index contributed by atoms with van der Waals surface area (Å²) in [5.41, 5.74) is -0.224. The molecule has 2 rings (SSSR count). The van der Waals surface area contributed by atoms with Crippen molar-refractivity contribution in [2.45, 2.75) is 18.9 Å². The van der Waals surface area contributed by atoms with Gasteiger partial charge in [0.1, 0.15) is 0 Å². The lowest BCUT2D eigenvalue weighted by atomic mass is 9.90. The van der Waals surface area contributed by atoms with Crippen molar-refractivity contribution >= 4 is 11.6 Å². The van der Waals surface area contributed by atoms with Crippen molar-refractivity contribution in [3.05, 3.63) is 66.2 Å². The van der Waals surface area contributed by atoms with Gasteiger partial charge in [0.15, 0.2) is 5.60 Å². The molecule has 0 aliphatic heterocycles. The van der Waals surface area contributed by atoms with Crippen molar-refractivity contribution in [2.24, 2.45) is 0 Å². The third kappa shape index (κ3) is 2.83. The summed E-state index contributed by atoms with van der Waals surface area (Å²) in [4.78, 5) is 12.3. The molecule has 1 amide bonds. The third-order valence-electron chi connectivity index (χ3n) is 3.17. The fourth-order valence-electron chi connectivity index (χ4n) is 1.97. The van der Waals surface area contributed by atoms with Gasteiger partial charge in [0.25, 0.3) is 5.91 Å². The number of amides is 1. The first-order valence-electron chi connectivity index (χ1n) is 6.31. The van der Waals surface area contributed by atoms with Gasteiger partial charge in [-0.05, 0) is 24.1 Å². The van der Waals surface area contributed by atoms with Crippen LogP contribution in [0.4, 0.5) is 5.69 Å². The first kappa shape index (κ1) is 13.3. The lowest BCUT2D eigenvalue weighted by Gasteiger charge is -2.26. The van der Waals surface area contributed by atoms with Crippen LogP contribution in [0.1, 0.15) is 18.9 Å². The van der Waals surface area contributed by atoms with Crippen molar-refractivity contribution in [1.29, 1.82) is 0 Å². The van der Waals surface area contributed by atoms with Crippen LogP contribution in [0.2, 0.25) is 0 Å². The molecule has 0 fully saturated rings. The van der Waals surface area contributed by atoms with Gasteiger partial charge in [0, 0.05) is 5.69 Å². The van der Waals surface area contributed by atoms with Crippen LogP contribution in [0.3, 0.4) is 0 Å². The van der Waals surface area contributed by atoms with E-state index in [1.165, 1.54) is 0 Å². The summed E-state index contributed by atoms with van der Waals surface area (Å²) in [5, 5.41) is 13.4. The lowest BCUT2D eigenvalue weighted by molar-refractivity contribution is -0.135. The molecular formula is C16H17NO2. The maximum Gasteiger partial charge on any atom is 0.260 e. The first-order chi connectivity index (χ1) is 9.16. The molecule has 0 aromatic heterocycles. The normalized spacial score (nSPS) is 13.6. The number of hydrogen-bond donors (Lipinski definition) is 2. The number of hydrogen-bond acceptors (Lipinski definition) is 2. The summed E-state index contributed by atoms with van der Waals surface area (Å²) in [5.74, 6) is -0.410. The van der Waals surface area contributed by atoms with Gasteiger partial charge in [-0.2, -0.15) is 0 Å². The first-order valence-corrected chi connectivity index (χ1v) is 6.31. The molecule has 1 atom stereocenters. The van der Waals surface area contributed by atoms with Gasteiger partial charge in [-0.15, -0.1) is 0 Å². The number of nitrogens with one attached hydrogen (secondary N) is 1. The second kappa shape index (κ2) is 5.67. The van der Waals surface area contributed by atoms with E-state index < -0.39 is 11.5 Å². The number of para-hydroxylation sites is 1. The summed E-state index contributed by atoms with van der Waals surface area (Å²) >= 11 is 0. The van der Waals surface area contributed by atoms with Gasteiger partial charge in [-0.3, -0.25) is 4.79 Å². The molecule has 0 aliphatic carbocycles. The zero-order valence-electron chi connectivity index (χ0n) is 10.8. The summed E-state index contributed by atoms with van der Waals surface area (Å²) in [7, 11) is 0.